The molecule has 2 aromatic rings. The second-order valence-corrected chi connectivity index (χ2v) is 13.4. The molecule has 2 aliphatic heterocycles. The number of morpholine rings is 1. The van der Waals surface area contributed by atoms with Crippen molar-refractivity contribution in [2.75, 3.05) is 53.0 Å². The molecule has 290 valence electrons. The fourth-order valence-electron chi connectivity index (χ4n) is 6.33. The minimum Gasteiger partial charge on any atom is -0.493 e. The lowest BCUT2D eigenvalue weighted by Gasteiger charge is -2.43. The summed E-state index contributed by atoms with van der Waals surface area (Å²) < 4.78 is 49.1. The molecule has 2 saturated heterocycles. The van der Waals surface area contributed by atoms with Crippen LogP contribution in [0.1, 0.15) is 70.4 Å². The molecule has 2 heterocycles. The standard InChI is InChI=1S/C36H55N5O4.C2HF3O2/c1-5-6-18-38-36(37)39-35(42)15-11-29-10-14-33(34(23-29)44-22-7-21-43-4)31-12-8-30(9-13-31)26-40-19-16-32(17-20-40)41-24-27(2)45-28(3)25-41;3-2(4,5)1(6)7/h8-10,12-14,23,27-28,32H,5-7,11,15-22,24-26H2,1-4H3,(H3,37,38,39,42);(H,6,7). The lowest BCUT2D eigenvalue weighted by atomic mass is 9.98. The highest BCUT2D eigenvalue weighted by Gasteiger charge is 2.38. The predicted octanol–water partition coefficient (Wildman–Crippen LogP) is 5.64. The Kier molecular flexibility index (Phi) is 17.8. The lowest BCUT2D eigenvalue weighted by Crippen LogP contribution is -2.53. The van der Waals surface area contributed by atoms with Crippen LogP contribution in [0.25, 0.3) is 11.1 Å². The van der Waals surface area contributed by atoms with E-state index < -0.39 is 12.1 Å². The molecule has 11 nitrogen and oxygen atoms in total. The number of piperidine rings is 1. The van der Waals surface area contributed by atoms with E-state index >= 15 is 0 Å². The molecule has 14 heteroatoms. The van der Waals surface area contributed by atoms with Crippen molar-refractivity contribution in [3.8, 4) is 16.9 Å². The number of benzene rings is 2. The number of carboxylic acids is 1. The molecule has 2 aliphatic rings. The van der Waals surface area contributed by atoms with Crippen molar-refractivity contribution in [2.45, 2.75) is 96.7 Å². The number of aryl methyl sites for hydroxylation is 1. The average Bonchev–Trinajstić information content (AvgIpc) is 3.09. The van der Waals surface area contributed by atoms with Gasteiger partial charge in [-0.3, -0.25) is 24.9 Å². The third kappa shape index (κ3) is 15.1. The zero-order valence-corrected chi connectivity index (χ0v) is 30.9. The first-order chi connectivity index (χ1) is 24.8. The topological polar surface area (TPSA) is 139 Å². The number of nitrogens with zero attached hydrogens (tertiary/aromatic N) is 3. The molecule has 2 unspecified atom stereocenters. The number of rotatable bonds is 15. The third-order valence-corrected chi connectivity index (χ3v) is 8.93. The van der Waals surface area contributed by atoms with Gasteiger partial charge in [0.15, 0.2) is 5.96 Å². The van der Waals surface area contributed by atoms with E-state index in [1.54, 1.807) is 7.11 Å². The smallest absolute Gasteiger partial charge is 0.490 e. The first kappa shape index (κ1) is 42.7. The van der Waals surface area contributed by atoms with Gasteiger partial charge in [-0.15, -0.1) is 0 Å². The van der Waals surface area contributed by atoms with Crippen LogP contribution in [0.4, 0.5) is 13.2 Å². The number of guanidine groups is 1. The number of hydrogen-bond donors (Lipinski definition) is 3. The van der Waals surface area contributed by atoms with Gasteiger partial charge >= 0.3 is 12.1 Å². The molecule has 0 aromatic heterocycles. The van der Waals surface area contributed by atoms with E-state index in [9.17, 15) is 18.0 Å². The van der Waals surface area contributed by atoms with Crippen LogP contribution in [0, 0.1) is 0 Å². The summed E-state index contributed by atoms with van der Waals surface area (Å²) in [7, 11) is 1.70. The highest BCUT2D eigenvalue weighted by Crippen LogP contribution is 2.32. The van der Waals surface area contributed by atoms with E-state index in [0.717, 1.165) is 74.4 Å². The van der Waals surface area contributed by atoms with Gasteiger partial charge in [0, 0.05) is 64.3 Å². The van der Waals surface area contributed by atoms with Gasteiger partial charge in [0.1, 0.15) is 5.75 Å². The number of methoxy groups -OCH3 is 1. The van der Waals surface area contributed by atoms with Gasteiger partial charge in [0.25, 0.3) is 0 Å². The van der Waals surface area contributed by atoms with Gasteiger partial charge in [0.05, 0.1) is 18.8 Å². The summed E-state index contributed by atoms with van der Waals surface area (Å²) in [6, 6.07) is 15.8. The van der Waals surface area contributed by atoms with Crippen molar-refractivity contribution >= 4 is 17.8 Å². The molecule has 0 spiro atoms. The van der Waals surface area contributed by atoms with Crippen molar-refractivity contribution in [2.24, 2.45) is 10.7 Å². The van der Waals surface area contributed by atoms with Gasteiger partial charge in [0.2, 0.25) is 5.91 Å². The van der Waals surface area contributed by atoms with Crippen LogP contribution in [0.2, 0.25) is 0 Å². The molecule has 2 aromatic carbocycles. The van der Waals surface area contributed by atoms with Crippen molar-refractivity contribution in [1.82, 2.24) is 15.1 Å². The van der Waals surface area contributed by atoms with Crippen molar-refractivity contribution in [3.05, 3.63) is 53.6 Å². The third-order valence-electron chi connectivity index (χ3n) is 8.93. The van der Waals surface area contributed by atoms with E-state index in [-0.39, 0.29) is 11.9 Å². The normalized spacial score (nSPS) is 19.1. The molecule has 0 radical (unpaired) electrons. The second kappa shape index (κ2) is 21.7. The number of nitrogens with one attached hydrogen (secondary N) is 1. The van der Waals surface area contributed by atoms with Crippen LogP contribution in [-0.2, 0) is 32.0 Å². The molecule has 0 aliphatic carbocycles. The summed E-state index contributed by atoms with van der Waals surface area (Å²) in [5, 5.41) is 9.82. The molecular weight excluding hydrogens is 679 g/mol. The summed E-state index contributed by atoms with van der Waals surface area (Å²) >= 11 is 0. The van der Waals surface area contributed by atoms with Gasteiger partial charge in [-0.05, 0) is 75.4 Å². The number of aliphatic carboxylic acids is 1. The number of hydrogen-bond acceptors (Lipinski definition) is 8. The van der Waals surface area contributed by atoms with Crippen molar-refractivity contribution in [1.29, 1.82) is 0 Å². The summed E-state index contributed by atoms with van der Waals surface area (Å²) in [5.74, 6) is -1.88. The van der Waals surface area contributed by atoms with Crippen LogP contribution in [0.5, 0.6) is 5.75 Å². The first-order valence-electron chi connectivity index (χ1n) is 18.1. The number of unbranched alkanes of at least 4 members (excludes halogenated alkanes) is 1. The Morgan fingerprint density at radius 3 is 2.25 bits per heavy atom. The monoisotopic (exact) mass is 735 g/mol. The number of ether oxygens (including phenoxy) is 3. The Balaban J connectivity index is 0.000000944. The Labute approximate surface area is 305 Å². The molecule has 0 saturated carbocycles. The quantitative estimate of drug-likeness (QED) is 0.121. The summed E-state index contributed by atoms with van der Waals surface area (Å²) in [6.45, 7) is 13.6. The second-order valence-electron chi connectivity index (χ2n) is 13.4. The summed E-state index contributed by atoms with van der Waals surface area (Å²) in [4.78, 5) is 30.8. The van der Waals surface area contributed by atoms with Crippen LogP contribution in [0.15, 0.2) is 47.5 Å². The summed E-state index contributed by atoms with van der Waals surface area (Å²) in [6.07, 6.45) is 1.70. The highest BCUT2D eigenvalue weighted by atomic mass is 19.4. The number of carbonyl (C=O) groups excluding carboxylic acids is 1. The van der Waals surface area contributed by atoms with E-state index in [2.05, 4.69) is 83.3 Å². The fraction of sp³-hybridized carbons (Fsp3) is 0.605. The molecular formula is C38H56F3N5O6. The Hall–Kier alpha value is -3.72. The van der Waals surface area contributed by atoms with E-state index in [4.69, 9.17) is 29.8 Å². The molecule has 4 N–H and O–H groups in total. The number of likely N-dealkylation sites (tertiary alicyclic amines) is 1. The zero-order valence-electron chi connectivity index (χ0n) is 30.9. The van der Waals surface area contributed by atoms with Gasteiger partial charge in [-0.25, -0.2) is 4.79 Å². The highest BCUT2D eigenvalue weighted by molar-refractivity contribution is 5.96. The molecule has 1 amide bonds. The van der Waals surface area contributed by atoms with Crippen LogP contribution >= 0.6 is 0 Å². The fourth-order valence-corrected chi connectivity index (χ4v) is 6.33. The number of alkyl halides is 3. The maximum atomic E-state index is 12.4. The van der Waals surface area contributed by atoms with Gasteiger partial charge in [-0.2, -0.15) is 13.2 Å². The number of carbonyl (C=O) groups is 2. The SMILES string of the molecule is CCCCN=C(N)NC(=O)CCc1ccc(-c2ccc(CN3CCC(N4CC(C)OC(C)C4)CC3)cc2)c(OCCCOC)c1.O=C(O)C(F)(F)F. The Morgan fingerprint density at radius 2 is 1.65 bits per heavy atom. The number of nitrogens with two attached hydrogens (primary N) is 1. The Bertz CT molecular complexity index is 1410. The van der Waals surface area contributed by atoms with Gasteiger partial charge in [-0.1, -0.05) is 49.7 Å². The minimum absolute atomic E-state index is 0.135. The predicted molar refractivity (Wildman–Crippen MR) is 195 cm³/mol. The van der Waals surface area contributed by atoms with E-state index in [1.165, 1.54) is 18.4 Å². The van der Waals surface area contributed by atoms with Crippen molar-refractivity contribution in [3.63, 3.8) is 0 Å². The van der Waals surface area contributed by atoms with Crippen LogP contribution in [0.3, 0.4) is 0 Å². The molecule has 52 heavy (non-hydrogen) atoms. The number of carboxylic acid groups (broad SMARTS) is 1. The zero-order chi connectivity index (χ0) is 38.1. The largest absolute Gasteiger partial charge is 0.493 e. The molecule has 4 rings (SSSR count). The maximum absolute atomic E-state index is 12.4. The van der Waals surface area contributed by atoms with Crippen LogP contribution in [-0.4, -0.2) is 110 Å². The van der Waals surface area contributed by atoms with Gasteiger partial charge < -0.3 is 25.1 Å². The van der Waals surface area contributed by atoms with E-state index in [1.807, 2.05) is 0 Å². The summed E-state index contributed by atoms with van der Waals surface area (Å²) in [5.41, 5.74) is 10.4. The van der Waals surface area contributed by atoms with Crippen molar-refractivity contribution < 1.29 is 42.1 Å². The minimum atomic E-state index is -5.08. The molecule has 0 bridgehead atoms. The number of halogens is 3. The number of amides is 1. The lowest BCUT2D eigenvalue weighted by molar-refractivity contribution is -0.192. The van der Waals surface area contributed by atoms with E-state index in [0.29, 0.717) is 50.8 Å². The Morgan fingerprint density at radius 1 is 1.02 bits per heavy atom. The average molecular weight is 736 g/mol. The van der Waals surface area contributed by atoms with Crippen LogP contribution < -0.4 is 15.8 Å². The first-order valence-corrected chi connectivity index (χ1v) is 18.1. The number of aliphatic imine (C=N–C) groups is 1. The maximum Gasteiger partial charge on any atom is 0.490 e. The molecule has 2 fully saturated rings. The molecule has 2 atom stereocenters.